The lowest BCUT2D eigenvalue weighted by molar-refractivity contribution is 1.22. The van der Waals surface area contributed by atoms with Crippen LogP contribution in [0.5, 0.6) is 0 Å². The molecule has 0 aliphatic rings. The van der Waals surface area contributed by atoms with E-state index in [1.54, 1.807) is 41.8 Å². The van der Waals surface area contributed by atoms with Gasteiger partial charge >= 0.3 is 0 Å². The van der Waals surface area contributed by atoms with E-state index >= 15 is 0 Å². The van der Waals surface area contributed by atoms with Crippen LogP contribution in [0.3, 0.4) is 0 Å². The zero-order chi connectivity index (χ0) is 30.7. The van der Waals surface area contributed by atoms with E-state index < -0.39 is 10.9 Å². The van der Waals surface area contributed by atoms with Crippen molar-refractivity contribution in [2.24, 2.45) is 4.99 Å². The first-order chi connectivity index (χ1) is 22.0. The zero-order valence-electron chi connectivity index (χ0n) is 24.2. The Morgan fingerprint density at radius 1 is 0.644 bits per heavy atom. The van der Waals surface area contributed by atoms with Crippen LogP contribution >= 0.6 is 23.1 Å². The minimum Gasteiger partial charge on any atom is -0.301 e. The average Bonchev–Trinajstić information content (AvgIpc) is 3.77. The second-order valence-electron chi connectivity index (χ2n) is 10.9. The summed E-state index contributed by atoms with van der Waals surface area (Å²) in [5, 5.41) is 3.78. The van der Waals surface area contributed by atoms with Gasteiger partial charge in [-0.25, -0.2) is 9.98 Å². The lowest BCUT2D eigenvalue weighted by Gasteiger charge is -2.24. The fourth-order valence-electron chi connectivity index (χ4n) is 5.66. The van der Waals surface area contributed by atoms with Crippen LogP contribution in [0, 0.1) is 13.8 Å². The van der Waals surface area contributed by atoms with Crippen LogP contribution in [0.1, 0.15) is 11.1 Å². The van der Waals surface area contributed by atoms with Gasteiger partial charge in [-0.15, -0.1) is 11.3 Å². The third-order valence-corrected chi connectivity index (χ3v) is 9.74. The number of thiophene rings is 1. The summed E-state index contributed by atoms with van der Waals surface area (Å²) >= 11 is 2.71. The number of hydrogen-bond donors (Lipinski definition) is 0. The Balaban J connectivity index is 1.34. The number of fused-ring (bicyclic) bond motifs is 3. The summed E-state index contributed by atoms with van der Waals surface area (Å²) in [5.41, 5.74) is 5.58. The second-order valence-corrected chi connectivity index (χ2v) is 12.4. The molecule has 3 aromatic heterocycles. The van der Waals surface area contributed by atoms with Gasteiger partial charge in [0.25, 0.3) is 0 Å². The summed E-state index contributed by atoms with van der Waals surface area (Å²) < 4.78 is 9.16. The van der Waals surface area contributed by atoms with Crippen molar-refractivity contribution in [3.63, 3.8) is 0 Å². The number of anilines is 3. The van der Waals surface area contributed by atoms with E-state index in [9.17, 15) is 9.59 Å². The normalized spacial score (nSPS) is 11.5. The van der Waals surface area contributed by atoms with E-state index in [2.05, 4.69) is 104 Å². The first-order valence-electron chi connectivity index (χ1n) is 14.3. The molecular weight excluding hydrogens is 599 g/mol. The van der Waals surface area contributed by atoms with Crippen molar-refractivity contribution in [3.8, 4) is 10.4 Å². The van der Waals surface area contributed by atoms with E-state index in [1.807, 2.05) is 6.07 Å². The lowest BCUT2D eigenvalue weighted by atomic mass is 10.1. The van der Waals surface area contributed by atoms with Crippen molar-refractivity contribution in [1.82, 2.24) is 13.7 Å². The fourth-order valence-corrected chi connectivity index (χ4v) is 7.55. The van der Waals surface area contributed by atoms with Crippen LogP contribution in [0.2, 0.25) is 0 Å². The topological polar surface area (TPSA) is 88.4 Å². The molecule has 0 fully saturated rings. The van der Waals surface area contributed by atoms with Gasteiger partial charge in [0.15, 0.2) is 11.2 Å². The Labute approximate surface area is 265 Å². The van der Waals surface area contributed by atoms with E-state index in [4.69, 9.17) is 0 Å². The summed E-state index contributed by atoms with van der Waals surface area (Å²) in [6.07, 6.45) is 1.73. The number of aryl methyl sites for hydroxylation is 2. The summed E-state index contributed by atoms with van der Waals surface area (Å²) in [6.45, 7) is 4.18. The number of nitrogens with zero attached hydrogens (tertiary/aromatic N) is 5. The van der Waals surface area contributed by atoms with Crippen LogP contribution in [0.15, 0.2) is 118 Å². The predicted octanol–water partition coefficient (Wildman–Crippen LogP) is 8.04. The summed E-state index contributed by atoms with van der Waals surface area (Å²) in [6, 6.07) is 32.2. The number of aromatic nitrogens is 3. The van der Waals surface area contributed by atoms with Gasteiger partial charge in [0, 0.05) is 49.6 Å². The minimum atomic E-state index is -0.404. The van der Waals surface area contributed by atoms with Gasteiger partial charge < -0.3 is 4.90 Å². The van der Waals surface area contributed by atoms with Gasteiger partial charge in [-0.05, 0) is 38.1 Å². The molecule has 0 N–H and O–H groups in total. The highest BCUT2D eigenvalue weighted by Gasteiger charge is 2.23. The molecule has 0 aliphatic carbocycles. The zero-order valence-corrected chi connectivity index (χ0v) is 25.8. The molecule has 7 nitrogen and oxygen atoms in total. The largest absolute Gasteiger partial charge is 0.301 e. The molecule has 0 radical (unpaired) electrons. The van der Waals surface area contributed by atoms with E-state index in [-0.39, 0.29) is 11.2 Å². The molecule has 0 spiro atoms. The molecule has 9 heteroatoms. The van der Waals surface area contributed by atoms with Gasteiger partial charge in [0.2, 0.25) is 10.9 Å². The van der Waals surface area contributed by atoms with Crippen molar-refractivity contribution in [2.45, 2.75) is 13.8 Å². The van der Waals surface area contributed by atoms with Gasteiger partial charge in [-0.3, -0.25) is 9.59 Å². The molecule has 45 heavy (non-hydrogen) atoms. The molecule has 5 aromatic carbocycles. The smallest absolute Gasteiger partial charge is 0.216 e. The fraction of sp³-hybridized carbons (Fsp3) is 0.0556. The molecule has 0 atom stereocenters. The number of benzene rings is 4. The molecule has 0 aliphatic heterocycles. The quantitative estimate of drug-likeness (QED) is 0.193. The molecule has 8 rings (SSSR count). The predicted molar refractivity (Wildman–Crippen MR) is 184 cm³/mol. The number of hydrogen-bond acceptors (Lipinski definition) is 9. The Hall–Kier alpha value is -5.38. The molecule has 0 saturated carbocycles. The van der Waals surface area contributed by atoms with Gasteiger partial charge in [0.1, 0.15) is 16.0 Å². The maximum absolute atomic E-state index is 13.0. The molecule has 8 aromatic rings. The highest BCUT2D eigenvalue weighted by atomic mass is 32.1. The Morgan fingerprint density at radius 3 is 1.78 bits per heavy atom. The second kappa shape index (κ2) is 10.7. The maximum atomic E-state index is 13.0. The van der Waals surface area contributed by atoms with Crippen LogP contribution in [0.25, 0.3) is 43.0 Å². The number of pyridine rings is 1. The molecule has 216 valence electrons. The molecule has 0 bridgehead atoms. The first kappa shape index (κ1) is 27.2. The highest BCUT2D eigenvalue weighted by Crippen LogP contribution is 2.50. The lowest BCUT2D eigenvalue weighted by Crippen LogP contribution is -2.31. The number of rotatable bonds is 5. The van der Waals surface area contributed by atoms with E-state index in [0.717, 1.165) is 49.3 Å². The minimum absolute atomic E-state index is 0.151. The standard InChI is InChI=1S/C36H23N5O2S2/c1-20-11-15-22(16-12-20)41(23-17-13-21(2)14-18-23)36-27-10-6-5-9-26(27)34(44-36)28-19-37-35(30-29(28)39-45-40-30)38-31-32(42)24-7-3-4-8-25(24)33(31)43/h3-19H,1-2H3. The van der Waals surface area contributed by atoms with Crippen LogP contribution in [0.4, 0.5) is 22.2 Å². The Bertz CT molecular complexity index is 2460. The van der Waals surface area contributed by atoms with Crippen molar-refractivity contribution < 1.29 is 0 Å². The molecule has 0 unspecified atom stereocenters. The van der Waals surface area contributed by atoms with Crippen LogP contribution in [-0.4, -0.2) is 13.7 Å². The molecule has 3 heterocycles. The van der Waals surface area contributed by atoms with Crippen molar-refractivity contribution in [2.75, 3.05) is 4.90 Å². The Morgan fingerprint density at radius 2 is 1.18 bits per heavy atom. The van der Waals surface area contributed by atoms with Gasteiger partial charge in [-0.2, -0.15) is 8.75 Å². The highest BCUT2D eigenvalue weighted by molar-refractivity contribution is 7.21. The van der Waals surface area contributed by atoms with E-state index in [1.165, 1.54) is 11.1 Å². The molecular formula is C36H23N5O2S2. The Kier molecular flexibility index (Phi) is 6.44. The van der Waals surface area contributed by atoms with Crippen LogP contribution in [-0.2, 0) is 0 Å². The van der Waals surface area contributed by atoms with Gasteiger partial charge in [0.05, 0.1) is 11.7 Å². The van der Waals surface area contributed by atoms with Crippen LogP contribution < -0.4 is 21.1 Å². The summed E-state index contributed by atoms with van der Waals surface area (Å²) in [5.74, 6) is 0.203. The van der Waals surface area contributed by atoms with Crippen molar-refractivity contribution in [1.29, 1.82) is 0 Å². The molecule has 0 saturated heterocycles. The maximum Gasteiger partial charge on any atom is 0.216 e. The SMILES string of the molecule is Cc1ccc(N(c2ccc(C)cc2)c2sc(-c3cnc(N=c4c(=O)c5ccccc5c4=O)c4nsnc34)c3ccccc23)cc1. The van der Waals surface area contributed by atoms with Gasteiger partial charge in [-0.1, -0.05) is 83.9 Å². The summed E-state index contributed by atoms with van der Waals surface area (Å²) in [4.78, 5) is 38.5. The van der Waals surface area contributed by atoms with Crippen molar-refractivity contribution in [3.05, 3.63) is 140 Å². The first-order valence-corrected chi connectivity index (χ1v) is 15.9. The molecule has 0 amide bonds. The monoisotopic (exact) mass is 621 g/mol. The third-order valence-electron chi connectivity index (χ3n) is 7.97. The summed E-state index contributed by atoms with van der Waals surface area (Å²) in [7, 11) is 0. The third kappa shape index (κ3) is 4.47. The van der Waals surface area contributed by atoms with Crippen molar-refractivity contribution >= 4 is 77.8 Å². The average molecular weight is 622 g/mol. The van der Waals surface area contributed by atoms with E-state index in [0.29, 0.717) is 21.8 Å².